The maximum Gasteiger partial charge on any atom is 0.232 e. The summed E-state index contributed by atoms with van der Waals surface area (Å²) < 4.78 is 21.2. The van der Waals surface area contributed by atoms with Gasteiger partial charge in [0.05, 0.1) is 0 Å². The highest BCUT2D eigenvalue weighted by Crippen LogP contribution is 2.00. The molecule has 0 saturated carbocycles. The summed E-state index contributed by atoms with van der Waals surface area (Å²) in [5.74, 6) is 0. The summed E-state index contributed by atoms with van der Waals surface area (Å²) in [7, 11) is 0. The molecule has 2 unspecified atom stereocenters. The van der Waals surface area contributed by atoms with Crippen molar-refractivity contribution >= 4 is 11.3 Å². The normalized spacial score (nSPS) is 29.9. The molecule has 2 atom stereocenters. The van der Waals surface area contributed by atoms with Gasteiger partial charge in [-0.05, 0) is 19.4 Å². The zero-order valence-electron chi connectivity index (χ0n) is 5.67. The fourth-order valence-corrected chi connectivity index (χ4v) is 1.58. The first kappa shape index (κ1) is 8.13. The first-order valence-electron chi connectivity index (χ1n) is 3.37. The van der Waals surface area contributed by atoms with Gasteiger partial charge in [0.2, 0.25) is 11.3 Å². The number of hydrogen-bond acceptors (Lipinski definition) is 2. The third kappa shape index (κ3) is 2.74. The Labute approximate surface area is 62.8 Å². The molecule has 0 aromatic carbocycles. The molecule has 0 aromatic rings. The van der Waals surface area contributed by atoms with E-state index >= 15 is 0 Å². The van der Waals surface area contributed by atoms with Gasteiger partial charge in [0.25, 0.3) is 0 Å². The largest absolute Gasteiger partial charge is 0.315 e. The van der Waals surface area contributed by atoms with Gasteiger partial charge in [0.15, 0.2) is 0 Å². The van der Waals surface area contributed by atoms with Gasteiger partial charge in [-0.2, -0.15) is 0 Å². The van der Waals surface area contributed by atoms with E-state index in [2.05, 4.69) is 10.0 Å². The Morgan fingerprint density at radius 3 is 3.00 bits per heavy atom. The zero-order chi connectivity index (χ0) is 7.40. The van der Waals surface area contributed by atoms with E-state index < -0.39 is 11.3 Å². The van der Waals surface area contributed by atoms with Crippen LogP contribution in [-0.4, -0.2) is 27.9 Å². The summed E-state index contributed by atoms with van der Waals surface area (Å²) in [5, 5.41) is 3.13. The summed E-state index contributed by atoms with van der Waals surface area (Å²) in [6.45, 7) is 1.82. The molecule has 1 aliphatic rings. The summed E-state index contributed by atoms with van der Waals surface area (Å²) in [6, 6.07) is 0.166. The average Bonchev–Trinajstić information content (AvgIpc) is 1.88. The van der Waals surface area contributed by atoms with Crippen LogP contribution in [0.25, 0.3) is 0 Å². The lowest BCUT2D eigenvalue weighted by Crippen LogP contribution is -2.43. The van der Waals surface area contributed by atoms with Crippen LogP contribution in [0.15, 0.2) is 0 Å². The van der Waals surface area contributed by atoms with Crippen molar-refractivity contribution in [3.8, 4) is 0 Å². The van der Waals surface area contributed by atoms with Crippen LogP contribution >= 0.6 is 0 Å². The summed E-state index contributed by atoms with van der Waals surface area (Å²) >= 11 is -1.85. The van der Waals surface area contributed by atoms with Gasteiger partial charge in [-0.15, -0.1) is 0 Å². The van der Waals surface area contributed by atoms with E-state index in [0.717, 1.165) is 25.9 Å². The van der Waals surface area contributed by atoms with Crippen molar-refractivity contribution in [2.45, 2.75) is 18.9 Å². The molecule has 1 fully saturated rings. The van der Waals surface area contributed by atoms with Crippen LogP contribution in [0.3, 0.4) is 0 Å². The van der Waals surface area contributed by atoms with Crippen LogP contribution in [0, 0.1) is 0 Å². The Hall–Kier alpha value is 0.0300. The molecule has 1 rings (SSSR count). The Morgan fingerprint density at radius 2 is 2.50 bits per heavy atom. The molecule has 0 bridgehead atoms. The fourth-order valence-electron chi connectivity index (χ4n) is 1.09. The maximum absolute atomic E-state index is 10.2. The number of piperidine rings is 1. The molecule has 0 aromatic heterocycles. The first-order chi connectivity index (χ1) is 4.79. The fraction of sp³-hybridized carbons (Fsp3) is 1.00. The Kier molecular flexibility index (Phi) is 3.27. The minimum absolute atomic E-state index is 0.166. The van der Waals surface area contributed by atoms with Crippen LogP contribution in [0.2, 0.25) is 0 Å². The first-order valence-corrected chi connectivity index (χ1v) is 4.47. The van der Waals surface area contributed by atoms with E-state index in [-0.39, 0.29) is 6.04 Å². The molecule has 1 saturated heterocycles. The van der Waals surface area contributed by atoms with E-state index in [1.54, 1.807) is 0 Å². The van der Waals surface area contributed by atoms with Crippen LogP contribution < -0.4 is 10.0 Å². The molecule has 3 N–H and O–H groups in total. The molecule has 0 radical (unpaired) electrons. The molecule has 1 aliphatic heterocycles. The molecule has 0 spiro atoms. The van der Waals surface area contributed by atoms with Crippen LogP contribution in [0.1, 0.15) is 12.8 Å². The van der Waals surface area contributed by atoms with Crippen molar-refractivity contribution < 1.29 is 8.76 Å². The van der Waals surface area contributed by atoms with Crippen molar-refractivity contribution in [1.29, 1.82) is 0 Å². The molecule has 5 heteroatoms. The second kappa shape index (κ2) is 4.02. The highest BCUT2D eigenvalue weighted by Gasteiger charge is 2.13. The highest BCUT2D eigenvalue weighted by atomic mass is 32.2. The number of hydrogen-bond donors (Lipinski definition) is 3. The molecule has 10 heavy (non-hydrogen) atoms. The Morgan fingerprint density at radius 1 is 1.70 bits per heavy atom. The standard InChI is InChI=1S/C5H12N2O2S/c8-10(9)7-5-2-1-3-6-4-5/h5-7H,1-4H2,(H,8,9). The van der Waals surface area contributed by atoms with Gasteiger partial charge < -0.3 is 5.32 Å². The maximum atomic E-state index is 10.2. The van der Waals surface area contributed by atoms with E-state index in [9.17, 15) is 4.21 Å². The van der Waals surface area contributed by atoms with Crippen LogP contribution in [-0.2, 0) is 11.3 Å². The molecule has 0 aliphatic carbocycles. The quantitative estimate of drug-likeness (QED) is 0.481. The van der Waals surface area contributed by atoms with Gasteiger partial charge >= 0.3 is 0 Å². The van der Waals surface area contributed by atoms with Crippen molar-refractivity contribution in [2.24, 2.45) is 0 Å². The Balaban J connectivity index is 2.19. The zero-order valence-corrected chi connectivity index (χ0v) is 6.49. The minimum Gasteiger partial charge on any atom is -0.315 e. The second-order valence-corrected chi connectivity index (χ2v) is 3.14. The third-order valence-electron chi connectivity index (χ3n) is 1.56. The van der Waals surface area contributed by atoms with E-state index in [1.165, 1.54) is 0 Å². The topological polar surface area (TPSA) is 61.4 Å². The predicted octanol–water partition coefficient (Wildman–Crippen LogP) is -0.535. The van der Waals surface area contributed by atoms with Crippen molar-refractivity contribution in [1.82, 2.24) is 10.0 Å². The van der Waals surface area contributed by atoms with Gasteiger partial charge in [-0.25, -0.2) is 8.93 Å². The van der Waals surface area contributed by atoms with Gasteiger partial charge in [0.1, 0.15) is 0 Å². The van der Waals surface area contributed by atoms with Crippen LogP contribution in [0.4, 0.5) is 0 Å². The molecular formula is C5H12N2O2S. The summed E-state index contributed by atoms with van der Waals surface area (Å²) in [5.41, 5.74) is 0. The van der Waals surface area contributed by atoms with Crippen LogP contribution in [0.5, 0.6) is 0 Å². The van der Waals surface area contributed by atoms with Crippen molar-refractivity contribution in [2.75, 3.05) is 13.1 Å². The van der Waals surface area contributed by atoms with E-state index in [0.29, 0.717) is 0 Å². The smallest absolute Gasteiger partial charge is 0.232 e. The number of rotatable bonds is 2. The lowest BCUT2D eigenvalue weighted by atomic mass is 10.1. The van der Waals surface area contributed by atoms with E-state index in [4.69, 9.17) is 4.55 Å². The van der Waals surface area contributed by atoms with Crippen molar-refractivity contribution in [3.05, 3.63) is 0 Å². The Bertz CT molecular complexity index is 125. The number of nitrogens with one attached hydrogen (secondary N) is 2. The minimum atomic E-state index is -1.85. The van der Waals surface area contributed by atoms with Gasteiger partial charge in [-0.3, -0.25) is 4.55 Å². The summed E-state index contributed by atoms with van der Waals surface area (Å²) in [4.78, 5) is 0. The SMILES string of the molecule is O=S(O)NC1CCCNC1. The van der Waals surface area contributed by atoms with E-state index in [1.807, 2.05) is 0 Å². The molecule has 0 amide bonds. The lowest BCUT2D eigenvalue weighted by Gasteiger charge is -2.21. The predicted molar refractivity (Wildman–Crippen MR) is 39.8 cm³/mol. The molecular weight excluding hydrogens is 152 g/mol. The molecule has 1 heterocycles. The average molecular weight is 164 g/mol. The van der Waals surface area contributed by atoms with Crippen molar-refractivity contribution in [3.63, 3.8) is 0 Å². The lowest BCUT2D eigenvalue weighted by molar-refractivity contribution is 0.424. The highest BCUT2D eigenvalue weighted by molar-refractivity contribution is 7.77. The second-order valence-electron chi connectivity index (χ2n) is 2.41. The van der Waals surface area contributed by atoms with Gasteiger partial charge in [-0.1, -0.05) is 0 Å². The summed E-state index contributed by atoms with van der Waals surface area (Å²) in [6.07, 6.45) is 2.06. The monoisotopic (exact) mass is 164 g/mol. The third-order valence-corrected chi connectivity index (χ3v) is 2.10. The molecule has 4 nitrogen and oxygen atoms in total. The molecule has 60 valence electrons. The van der Waals surface area contributed by atoms with Gasteiger partial charge in [0, 0.05) is 12.6 Å².